The lowest BCUT2D eigenvalue weighted by atomic mass is 10.1. The molecule has 0 aliphatic carbocycles. The van der Waals surface area contributed by atoms with Crippen LogP contribution < -0.4 is 0 Å². The monoisotopic (exact) mass is 335 g/mol. The van der Waals surface area contributed by atoms with E-state index < -0.39 is 0 Å². The van der Waals surface area contributed by atoms with Crippen molar-refractivity contribution >= 4 is 17.3 Å². The summed E-state index contributed by atoms with van der Waals surface area (Å²) in [7, 11) is 0. The molecular formula is C18H22FNO2S. The molecule has 2 rings (SSSR count). The largest absolute Gasteiger partial charge is 0.461 e. The number of aryl methyl sites for hydroxylation is 3. The predicted molar refractivity (Wildman–Crippen MR) is 90.5 cm³/mol. The van der Waals surface area contributed by atoms with Gasteiger partial charge in [0, 0.05) is 4.88 Å². The third-order valence-corrected chi connectivity index (χ3v) is 4.61. The van der Waals surface area contributed by atoms with E-state index in [1.165, 1.54) is 17.7 Å². The number of nitrogens with zero attached hydrogens (tertiary/aromatic N) is 1. The summed E-state index contributed by atoms with van der Waals surface area (Å²) in [5.41, 5.74) is 1.62. The average Bonchev–Trinajstić information content (AvgIpc) is 2.90. The standard InChI is InChI=1S/C18H22FNO2S/c1-3-22-18(21)17-13(2)23-16(20-17)8-6-4-5-7-14-9-11-15(19)12-10-14/h9-12H,3-8H2,1-2H3. The van der Waals surface area contributed by atoms with Gasteiger partial charge in [0.1, 0.15) is 5.82 Å². The summed E-state index contributed by atoms with van der Waals surface area (Å²) < 4.78 is 17.8. The van der Waals surface area contributed by atoms with Crippen LogP contribution in [0.5, 0.6) is 0 Å². The van der Waals surface area contributed by atoms with Crippen LogP contribution >= 0.6 is 11.3 Å². The predicted octanol–water partition coefficient (Wildman–Crippen LogP) is 4.72. The van der Waals surface area contributed by atoms with Gasteiger partial charge in [-0.25, -0.2) is 14.2 Å². The van der Waals surface area contributed by atoms with Crippen molar-refractivity contribution in [3.8, 4) is 0 Å². The fraction of sp³-hybridized carbons (Fsp3) is 0.444. The molecule has 1 aromatic carbocycles. The fourth-order valence-corrected chi connectivity index (χ4v) is 3.34. The number of rotatable bonds is 8. The maximum Gasteiger partial charge on any atom is 0.358 e. The maximum absolute atomic E-state index is 12.8. The van der Waals surface area contributed by atoms with Crippen molar-refractivity contribution in [3.63, 3.8) is 0 Å². The van der Waals surface area contributed by atoms with Gasteiger partial charge in [-0.15, -0.1) is 11.3 Å². The van der Waals surface area contributed by atoms with Crippen LogP contribution in [0, 0.1) is 12.7 Å². The van der Waals surface area contributed by atoms with Crippen molar-refractivity contribution in [2.45, 2.75) is 46.0 Å². The Labute approximate surface area is 140 Å². The number of halogens is 1. The third-order valence-electron chi connectivity index (χ3n) is 3.58. The van der Waals surface area contributed by atoms with Crippen molar-refractivity contribution in [2.24, 2.45) is 0 Å². The van der Waals surface area contributed by atoms with Gasteiger partial charge in [-0.05, 0) is 57.2 Å². The Bertz CT molecular complexity index is 637. The Kier molecular flexibility index (Phi) is 6.71. The smallest absolute Gasteiger partial charge is 0.358 e. The molecule has 1 aromatic heterocycles. The van der Waals surface area contributed by atoms with Gasteiger partial charge in [0.2, 0.25) is 0 Å². The fourth-order valence-electron chi connectivity index (χ4n) is 2.38. The summed E-state index contributed by atoms with van der Waals surface area (Å²) >= 11 is 1.57. The van der Waals surface area contributed by atoms with Crippen LogP contribution in [0.4, 0.5) is 4.39 Å². The van der Waals surface area contributed by atoms with E-state index in [9.17, 15) is 9.18 Å². The SMILES string of the molecule is CCOC(=O)c1nc(CCCCCc2ccc(F)cc2)sc1C. The number of carbonyl (C=O) groups excluding carboxylic acids is 1. The highest BCUT2D eigenvalue weighted by molar-refractivity contribution is 7.11. The summed E-state index contributed by atoms with van der Waals surface area (Å²) in [5, 5.41) is 0.993. The Morgan fingerprint density at radius 3 is 2.57 bits per heavy atom. The molecule has 23 heavy (non-hydrogen) atoms. The van der Waals surface area contributed by atoms with Crippen molar-refractivity contribution < 1.29 is 13.9 Å². The van der Waals surface area contributed by atoms with Crippen LogP contribution in [-0.4, -0.2) is 17.6 Å². The first-order valence-electron chi connectivity index (χ1n) is 7.98. The average molecular weight is 335 g/mol. The van der Waals surface area contributed by atoms with E-state index in [1.807, 2.05) is 19.1 Å². The quantitative estimate of drug-likeness (QED) is 0.517. The second-order valence-corrected chi connectivity index (χ2v) is 6.71. The lowest BCUT2D eigenvalue weighted by molar-refractivity contribution is 0.0519. The summed E-state index contributed by atoms with van der Waals surface area (Å²) in [6.45, 7) is 4.07. The number of unbranched alkanes of at least 4 members (excludes halogenated alkanes) is 2. The normalized spacial score (nSPS) is 10.7. The second-order valence-electron chi connectivity index (χ2n) is 5.42. The van der Waals surface area contributed by atoms with Gasteiger partial charge < -0.3 is 4.74 Å². The van der Waals surface area contributed by atoms with Gasteiger partial charge in [0.15, 0.2) is 5.69 Å². The number of ether oxygens (including phenoxy) is 1. The summed E-state index contributed by atoms with van der Waals surface area (Å²) in [6.07, 6.45) is 5.04. The van der Waals surface area contributed by atoms with E-state index in [0.717, 1.165) is 42.0 Å². The topological polar surface area (TPSA) is 39.2 Å². The Morgan fingerprint density at radius 1 is 1.17 bits per heavy atom. The molecule has 124 valence electrons. The molecule has 0 bridgehead atoms. The molecule has 0 fully saturated rings. The lowest BCUT2D eigenvalue weighted by Crippen LogP contribution is -2.06. The van der Waals surface area contributed by atoms with E-state index in [1.54, 1.807) is 18.3 Å². The summed E-state index contributed by atoms with van der Waals surface area (Å²) in [5.74, 6) is -0.519. The molecule has 0 N–H and O–H groups in total. The molecule has 0 unspecified atom stereocenters. The number of esters is 1. The van der Waals surface area contributed by atoms with Crippen LogP contribution in [0.3, 0.4) is 0 Å². The minimum Gasteiger partial charge on any atom is -0.461 e. The van der Waals surface area contributed by atoms with Crippen molar-refractivity contribution in [2.75, 3.05) is 6.61 Å². The van der Waals surface area contributed by atoms with E-state index in [2.05, 4.69) is 4.98 Å². The molecular weight excluding hydrogens is 313 g/mol. The highest BCUT2D eigenvalue weighted by Gasteiger charge is 2.15. The highest BCUT2D eigenvalue weighted by Crippen LogP contribution is 2.20. The number of hydrogen-bond acceptors (Lipinski definition) is 4. The molecule has 0 aliphatic heterocycles. The zero-order valence-electron chi connectivity index (χ0n) is 13.6. The molecule has 0 amide bonds. The molecule has 0 radical (unpaired) electrons. The van der Waals surface area contributed by atoms with Gasteiger partial charge in [0.05, 0.1) is 11.6 Å². The first-order valence-corrected chi connectivity index (χ1v) is 8.79. The van der Waals surface area contributed by atoms with Crippen LogP contribution in [0.1, 0.15) is 52.1 Å². The highest BCUT2D eigenvalue weighted by atomic mass is 32.1. The number of thiazole rings is 1. The molecule has 3 nitrogen and oxygen atoms in total. The van der Waals surface area contributed by atoms with Crippen LogP contribution in [0.2, 0.25) is 0 Å². The summed E-state index contributed by atoms with van der Waals surface area (Å²) in [4.78, 5) is 17.0. The Morgan fingerprint density at radius 2 is 1.87 bits per heavy atom. The minimum absolute atomic E-state index is 0.190. The first kappa shape index (κ1) is 17.6. The van der Waals surface area contributed by atoms with Crippen molar-refractivity contribution in [3.05, 3.63) is 51.2 Å². The molecule has 0 saturated carbocycles. The lowest BCUT2D eigenvalue weighted by Gasteiger charge is -2.01. The molecule has 0 spiro atoms. The Hall–Kier alpha value is -1.75. The zero-order valence-corrected chi connectivity index (χ0v) is 14.4. The van der Waals surface area contributed by atoms with Gasteiger partial charge in [-0.1, -0.05) is 18.6 Å². The van der Waals surface area contributed by atoms with E-state index in [0.29, 0.717) is 12.3 Å². The summed E-state index contributed by atoms with van der Waals surface area (Å²) in [6, 6.07) is 6.69. The third kappa shape index (κ3) is 5.43. The van der Waals surface area contributed by atoms with Gasteiger partial charge >= 0.3 is 5.97 Å². The van der Waals surface area contributed by atoms with Gasteiger partial charge in [-0.3, -0.25) is 0 Å². The van der Waals surface area contributed by atoms with Crippen LogP contribution in [-0.2, 0) is 17.6 Å². The Balaban J connectivity index is 1.73. The van der Waals surface area contributed by atoms with E-state index in [4.69, 9.17) is 4.74 Å². The molecule has 5 heteroatoms. The molecule has 0 saturated heterocycles. The number of benzene rings is 1. The van der Waals surface area contributed by atoms with Crippen LogP contribution in [0.25, 0.3) is 0 Å². The second kappa shape index (κ2) is 8.77. The van der Waals surface area contributed by atoms with E-state index in [-0.39, 0.29) is 11.8 Å². The minimum atomic E-state index is -0.330. The number of aromatic nitrogens is 1. The first-order chi connectivity index (χ1) is 11.1. The van der Waals surface area contributed by atoms with E-state index >= 15 is 0 Å². The van der Waals surface area contributed by atoms with Crippen molar-refractivity contribution in [1.29, 1.82) is 0 Å². The molecule has 2 aromatic rings. The maximum atomic E-state index is 12.8. The molecule has 0 aliphatic rings. The number of carbonyl (C=O) groups is 1. The molecule has 1 heterocycles. The number of hydrogen-bond donors (Lipinski definition) is 0. The van der Waals surface area contributed by atoms with Gasteiger partial charge in [0.25, 0.3) is 0 Å². The van der Waals surface area contributed by atoms with Gasteiger partial charge in [-0.2, -0.15) is 0 Å². The van der Waals surface area contributed by atoms with Crippen molar-refractivity contribution in [1.82, 2.24) is 4.98 Å². The zero-order chi connectivity index (χ0) is 16.7. The van der Waals surface area contributed by atoms with Crippen LogP contribution in [0.15, 0.2) is 24.3 Å². The molecule has 0 atom stereocenters.